The van der Waals surface area contributed by atoms with Crippen LogP contribution >= 0.6 is 0 Å². The van der Waals surface area contributed by atoms with Crippen molar-refractivity contribution in [2.24, 2.45) is 11.8 Å². The third-order valence-corrected chi connectivity index (χ3v) is 8.22. The van der Waals surface area contributed by atoms with Gasteiger partial charge in [-0.25, -0.2) is 0 Å². The molecule has 2 aliphatic carbocycles. The Morgan fingerprint density at radius 1 is 0.879 bits per heavy atom. The van der Waals surface area contributed by atoms with Gasteiger partial charge in [0, 0.05) is 11.6 Å². The fourth-order valence-electron chi connectivity index (χ4n) is 6.64. The Balaban J connectivity index is 1.59. The summed E-state index contributed by atoms with van der Waals surface area (Å²) in [5.74, 6) is 0.410. The summed E-state index contributed by atoms with van der Waals surface area (Å²) in [6.45, 7) is 4.33. The van der Waals surface area contributed by atoms with Gasteiger partial charge in [0.15, 0.2) is 0 Å². The van der Waals surface area contributed by atoms with E-state index in [1.54, 1.807) is 0 Å². The van der Waals surface area contributed by atoms with Crippen LogP contribution in [0.1, 0.15) is 80.9 Å². The van der Waals surface area contributed by atoms with E-state index < -0.39 is 5.66 Å². The second-order valence-corrected chi connectivity index (χ2v) is 10.6. The van der Waals surface area contributed by atoms with Crippen LogP contribution in [-0.4, -0.2) is 11.9 Å². The SMILES string of the molecule is Cc1ccc(C2(C(C(=O)NC3CCCCC3)C3CCCCC3)Nc3ccccc3N2)c(C)c1. The van der Waals surface area contributed by atoms with Crippen molar-refractivity contribution in [3.05, 3.63) is 59.2 Å². The van der Waals surface area contributed by atoms with Crippen molar-refractivity contribution in [2.45, 2.75) is 89.8 Å². The normalized spacial score (nSPS) is 21.5. The highest BCUT2D eigenvalue weighted by molar-refractivity contribution is 5.86. The Labute approximate surface area is 198 Å². The number of amides is 1. The third kappa shape index (κ3) is 4.37. The van der Waals surface area contributed by atoms with Gasteiger partial charge in [-0.1, -0.05) is 74.4 Å². The van der Waals surface area contributed by atoms with E-state index in [1.807, 2.05) is 0 Å². The van der Waals surface area contributed by atoms with E-state index in [0.29, 0.717) is 12.0 Å². The molecule has 1 atom stereocenters. The molecule has 3 aliphatic rings. The Hall–Kier alpha value is -2.49. The quantitative estimate of drug-likeness (QED) is 0.483. The lowest BCUT2D eigenvalue weighted by Crippen LogP contribution is -2.57. The number of carbonyl (C=O) groups is 1. The Morgan fingerprint density at radius 3 is 2.09 bits per heavy atom. The van der Waals surface area contributed by atoms with Crippen LogP contribution < -0.4 is 16.0 Å². The first-order chi connectivity index (χ1) is 16.1. The number of hydrogen-bond acceptors (Lipinski definition) is 3. The van der Waals surface area contributed by atoms with Gasteiger partial charge < -0.3 is 16.0 Å². The Kier molecular flexibility index (Phi) is 6.36. The number of carbonyl (C=O) groups excluding carboxylic acids is 1. The number of fused-ring (bicyclic) bond motifs is 1. The van der Waals surface area contributed by atoms with E-state index in [-0.39, 0.29) is 11.8 Å². The largest absolute Gasteiger partial charge is 0.357 e. The number of para-hydroxylation sites is 2. The lowest BCUT2D eigenvalue weighted by molar-refractivity contribution is -0.130. The second kappa shape index (κ2) is 9.40. The average Bonchev–Trinajstić information content (AvgIpc) is 3.20. The number of aryl methyl sites for hydroxylation is 2. The van der Waals surface area contributed by atoms with Crippen LogP contribution in [0.2, 0.25) is 0 Å². The molecule has 2 saturated carbocycles. The summed E-state index contributed by atoms with van der Waals surface area (Å²) in [5.41, 5.74) is 5.21. The van der Waals surface area contributed by atoms with Gasteiger partial charge >= 0.3 is 0 Å². The van der Waals surface area contributed by atoms with E-state index in [4.69, 9.17) is 0 Å². The molecule has 0 saturated heterocycles. The standard InChI is InChI=1S/C29H39N3O/c1-20-17-18-24(21(2)19-20)29(31-25-15-9-10-16-26(25)32-29)27(22-11-5-3-6-12-22)28(33)30-23-13-7-4-8-14-23/h9-10,15-19,22-23,27,31-32H,3-8,11-14H2,1-2H3,(H,30,33). The van der Waals surface area contributed by atoms with Crippen LogP contribution in [0.3, 0.4) is 0 Å². The number of nitrogens with one attached hydrogen (secondary N) is 3. The summed E-state index contributed by atoms with van der Waals surface area (Å²) in [4.78, 5) is 14.2. The van der Waals surface area contributed by atoms with Gasteiger partial charge in [-0.15, -0.1) is 0 Å². The molecule has 1 amide bonds. The van der Waals surface area contributed by atoms with E-state index >= 15 is 0 Å². The highest BCUT2D eigenvalue weighted by Crippen LogP contribution is 2.49. The van der Waals surface area contributed by atoms with Gasteiger partial charge in [-0.3, -0.25) is 4.79 Å². The topological polar surface area (TPSA) is 53.2 Å². The van der Waals surface area contributed by atoms with Crippen LogP contribution in [0, 0.1) is 25.7 Å². The van der Waals surface area contributed by atoms with Crippen LogP contribution in [-0.2, 0) is 10.5 Å². The zero-order chi connectivity index (χ0) is 22.8. The van der Waals surface area contributed by atoms with Gasteiger partial charge in [0.05, 0.1) is 17.3 Å². The summed E-state index contributed by atoms with van der Waals surface area (Å²) in [7, 11) is 0. The molecule has 1 heterocycles. The van der Waals surface area contributed by atoms with Crippen molar-refractivity contribution < 1.29 is 4.79 Å². The highest BCUT2D eigenvalue weighted by Gasteiger charge is 2.52. The minimum atomic E-state index is -0.637. The Morgan fingerprint density at radius 2 is 1.48 bits per heavy atom. The molecule has 4 nitrogen and oxygen atoms in total. The number of anilines is 2. The number of benzene rings is 2. The minimum absolute atomic E-state index is 0.173. The summed E-state index contributed by atoms with van der Waals surface area (Å²) in [6.07, 6.45) is 11.9. The van der Waals surface area contributed by atoms with E-state index in [0.717, 1.165) is 37.1 Å². The van der Waals surface area contributed by atoms with Crippen LogP contribution in [0.5, 0.6) is 0 Å². The van der Waals surface area contributed by atoms with Crippen LogP contribution in [0.25, 0.3) is 0 Å². The maximum atomic E-state index is 14.2. The van der Waals surface area contributed by atoms with E-state index in [9.17, 15) is 4.79 Å². The summed E-state index contributed by atoms with van der Waals surface area (Å²) < 4.78 is 0. The van der Waals surface area contributed by atoms with Crippen molar-refractivity contribution in [3.8, 4) is 0 Å². The molecule has 4 heteroatoms. The second-order valence-electron chi connectivity index (χ2n) is 10.6. The maximum Gasteiger partial charge on any atom is 0.228 e. The lowest BCUT2D eigenvalue weighted by Gasteiger charge is -2.44. The summed E-state index contributed by atoms with van der Waals surface area (Å²) in [5, 5.41) is 11.3. The average molecular weight is 446 g/mol. The fourth-order valence-corrected chi connectivity index (χ4v) is 6.64. The zero-order valence-electron chi connectivity index (χ0n) is 20.3. The molecular formula is C29H39N3O. The molecule has 2 fully saturated rings. The van der Waals surface area contributed by atoms with Crippen LogP contribution in [0.4, 0.5) is 11.4 Å². The molecule has 2 aromatic carbocycles. The fraction of sp³-hybridized carbons (Fsp3) is 0.552. The first-order valence-corrected chi connectivity index (χ1v) is 13.1. The van der Waals surface area contributed by atoms with Gasteiger partial charge in [0.1, 0.15) is 5.66 Å². The zero-order valence-corrected chi connectivity index (χ0v) is 20.3. The van der Waals surface area contributed by atoms with Crippen molar-refractivity contribution in [3.63, 3.8) is 0 Å². The molecule has 2 aromatic rings. The van der Waals surface area contributed by atoms with Crippen molar-refractivity contribution >= 4 is 17.3 Å². The monoisotopic (exact) mass is 445 g/mol. The van der Waals surface area contributed by atoms with Gasteiger partial charge in [-0.2, -0.15) is 0 Å². The molecular weight excluding hydrogens is 406 g/mol. The van der Waals surface area contributed by atoms with E-state index in [1.165, 1.54) is 55.2 Å². The molecule has 5 rings (SSSR count). The van der Waals surface area contributed by atoms with Crippen molar-refractivity contribution in [1.29, 1.82) is 0 Å². The molecule has 3 N–H and O–H groups in total. The van der Waals surface area contributed by atoms with E-state index in [2.05, 4.69) is 72.3 Å². The molecule has 0 spiro atoms. The lowest BCUT2D eigenvalue weighted by atomic mass is 9.70. The van der Waals surface area contributed by atoms with Crippen molar-refractivity contribution in [1.82, 2.24) is 5.32 Å². The molecule has 1 aliphatic heterocycles. The van der Waals surface area contributed by atoms with Gasteiger partial charge in [0.25, 0.3) is 0 Å². The van der Waals surface area contributed by atoms with Gasteiger partial charge in [0.2, 0.25) is 5.91 Å². The highest BCUT2D eigenvalue weighted by atomic mass is 16.2. The summed E-state index contributed by atoms with van der Waals surface area (Å²) in [6, 6.07) is 15.4. The molecule has 33 heavy (non-hydrogen) atoms. The molecule has 0 radical (unpaired) electrons. The third-order valence-electron chi connectivity index (χ3n) is 8.22. The Bertz CT molecular complexity index is 963. The predicted octanol–water partition coefficient (Wildman–Crippen LogP) is 6.64. The predicted molar refractivity (Wildman–Crippen MR) is 136 cm³/mol. The van der Waals surface area contributed by atoms with Crippen molar-refractivity contribution in [2.75, 3.05) is 10.6 Å². The van der Waals surface area contributed by atoms with Crippen LogP contribution in [0.15, 0.2) is 42.5 Å². The first kappa shape index (κ1) is 22.3. The first-order valence-electron chi connectivity index (χ1n) is 13.1. The molecule has 0 bridgehead atoms. The smallest absolute Gasteiger partial charge is 0.228 e. The summed E-state index contributed by atoms with van der Waals surface area (Å²) >= 11 is 0. The van der Waals surface area contributed by atoms with Gasteiger partial charge in [-0.05, 0) is 63.1 Å². The minimum Gasteiger partial charge on any atom is -0.357 e. The number of hydrogen-bond donors (Lipinski definition) is 3. The maximum absolute atomic E-state index is 14.2. The number of rotatable bonds is 5. The molecule has 0 aromatic heterocycles. The molecule has 176 valence electrons. The molecule has 1 unspecified atom stereocenters.